The number of benzene rings is 1. The lowest BCUT2D eigenvalue weighted by atomic mass is 10.1. The van der Waals surface area contributed by atoms with Gasteiger partial charge in [-0.05, 0) is 30.5 Å². The Balaban J connectivity index is 1.29. The predicted octanol–water partition coefficient (Wildman–Crippen LogP) is 3.04. The number of fused-ring (bicyclic) bond motifs is 1. The van der Waals surface area contributed by atoms with Crippen LogP contribution in [0.15, 0.2) is 54.7 Å². The highest BCUT2D eigenvalue weighted by atomic mass is 16.5. The highest BCUT2D eigenvalue weighted by Crippen LogP contribution is 2.26. The third kappa shape index (κ3) is 3.21. The molecule has 25 heavy (non-hydrogen) atoms. The normalized spacial score (nSPS) is 14.4. The number of pyridine rings is 1. The van der Waals surface area contributed by atoms with Crippen molar-refractivity contribution in [1.82, 2.24) is 9.38 Å². The van der Waals surface area contributed by atoms with Gasteiger partial charge in [0.1, 0.15) is 11.7 Å². The molecule has 0 N–H and O–H groups in total. The molecule has 4 rings (SSSR count). The minimum Gasteiger partial charge on any atom is -0.375 e. The molecule has 0 unspecified atom stereocenters. The van der Waals surface area contributed by atoms with Crippen LogP contribution in [0.5, 0.6) is 0 Å². The number of imidazole rings is 1. The number of nitrogens with zero attached hydrogens (tertiary/aromatic N) is 4. The van der Waals surface area contributed by atoms with E-state index in [2.05, 4.69) is 40.2 Å². The molecule has 1 aliphatic heterocycles. The van der Waals surface area contributed by atoms with Gasteiger partial charge in [-0.1, -0.05) is 36.4 Å². The number of ether oxygens (including phenoxy) is 1. The molecule has 0 bridgehead atoms. The Morgan fingerprint density at radius 1 is 1.12 bits per heavy atom. The van der Waals surface area contributed by atoms with Gasteiger partial charge in [0, 0.05) is 25.9 Å². The lowest BCUT2D eigenvalue weighted by Crippen LogP contribution is -2.53. The van der Waals surface area contributed by atoms with Crippen LogP contribution in [0.3, 0.4) is 0 Å². The number of nitriles is 1. The van der Waals surface area contributed by atoms with Crippen molar-refractivity contribution >= 4 is 11.5 Å². The van der Waals surface area contributed by atoms with Crippen molar-refractivity contribution in [3.63, 3.8) is 0 Å². The lowest BCUT2D eigenvalue weighted by Gasteiger charge is -2.39. The van der Waals surface area contributed by atoms with Crippen LogP contribution in [0, 0.1) is 11.3 Å². The fourth-order valence-electron chi connectivity index (χ4n) is 3.20. The second kappa shape index (κ2) is 6.96. The summed E-state index contributed by atoms with van der Waals surface area (Å²) in [5.74, 6) is 0.762. The maximum absolute atomic E-state index is 9.45. The molecule has 0 radical (unpaired) electrons. The van der Waals surface area contributed by atoms with E-state index >= 15 is 0 Å². The third-order valence-electron chi connectivity index (χ3n) is 4.57. The third-order valence-corrected chi connectivity index (χ3v) is 4.57. The van der Waals surface area contributed by atoms with E-state index in [0.717, 1.165) is 44.0 Å². The highest BCUT2D eigenvalue weighted by Gasteiger charge is 2.31. The van der Waals surface area contributed by atoms with E-state index < -0.39 is 0 Å². The summed E-state index contributed by atoms with van der Waals surface area (Å²) in [5.41, 5.74) is 2.75. The quantitative estimate of drug-likeness (QED) is 0.651. The number of hydrogen-bond acceptors (Lipinski definition) is 4. The number of rotatable bonds is 6. The Morgan fingerprint density at radius 3 is 2.72 bits per heavy atom. The van der Waals surface area contributed by atoms with Crippen molar-refractivity contribution in [1.29, 1.82) is 5.26 Å². The van der Waals surface area contributed by atoms with Crippen molar-refractivity contribution in [2.45, 2.75) is 18.9 Å². The van der Waals surface area contributed by atoms with Crippen LogP contribution in [0.4, 0.5) is 5.82 Å². The molecule has 2 aromatic heterocycles. The van der Waals surface area contributed by atoms with Crippen LogP contribution in [-0.4, -0.2) is 35.2 Å². The van der Waals surface area contributed by atoms with Gasteiger partial charge in [0.25, 0.3) is 0 Å². The average Bonchev–Trinajstić information content (AvgIpc) is 2.98. The molecule has 1 aliphatic rings. The van der Waals surface area contributed by atoms with Gasteiger partial charge >= 0.3 is 0 Å². The van der Waals surface area contributed by atoms with E-state index in [4.69, 9.17) is 4.74 Å². The zero-order chi connectivity index (χ0) is 17.1. The van der Waals surface area contributed by atoms with Crippen LogP contribution >= 0.6 is 0 Å². The monoisotopic (exact) mass is 332 g/mol. The van der Waals surface area contributed by atoms with E-state index in [0.29, 0.717) is 5.69 Å². The molecule has 5 nitrogen and oxygen atoms in total. The molecule has 3 heterocycles. The maximum atomic E-state index is 9.45. The van der Waals surface area contributed by atoms with Crippen molar-refractivity contribution < 1.29 is 4.74 Å². The van der Waals surface area contributed by atoms with Gasteiger partial charge in [0.15, 0.2) is 11.5 Å². The van der Waals surface area contributed by atoms with Crippen LogP contribution < -0.4 is 4.90 Å². The Bertz CT molecular complexity index is 891. The Morgan fingerprint density at radius 2 is 1.92 bits per heavy atom. The molecule has 0 amide bonds. The van der Waals surface area contributed by atoms with E-state index in [1.54, 1.807) is 0 Å². The largest absolute Gasteiger partial charge is 0.375 e. The summed E-state index contributed by atoms with van der Waals surface area (Å²) < 4.78 is 7.78. The van der Waals surface area contributed by atoms with Crippen LogP contribution in [0.25, 0.3) is 5.65 Å². The van der Waals surface area contributed by atoms with E-state index in [-0.39, 0.29) is 6.10 Å². The zero-order valence-electron chi connectivity index (χ0n) is 14.0. The first kappa shape index (κ1) is 15.7. The van der Waals surface area contributed by atoms with E-state index in [1.165, 1.54) is 5.56 Å². The lowest BCUT2D eigenvalue weighted by molar-refractivity contribution is 0.0328. The number of hydrogen-bond donors (Lipinski definition) is 0. The fraction of sp³-hybridized carbons (Fsp3) is 0.300. The molecule has 126 valence electrons. The number of aromatic nitrogens is 2. The summed E-state index contributed by atoms with van der Waals surface area (Å²) in [5, 5.41) is 9.45. The fourth-order valence-corrected chi connectivity index (χ4v) is 3.20. The molecule has 1 fully saturated rings. The minimum absolute atomic E-state index is 0.229. The zero-order valence-corrected chi connectivity index (χ0v) is 14.0. The van der Waals surface area contributed by atoms with Crippen molar-refractivity contribution in [2.75, 3.05) is 24.6 Å². The van der Waals surface area contributed by atoms with Gasteiger partial charge in [-0.25, -0.2) is 4.98 Å². The Labute approximate surface area is 147 Å². The minimum atomic E-state index is 0.229. The first-order chi connectivity index (χ1) is 12.3. The second-order valence-electron chi connectivity index (χ2n) is 6.31. The topological polar surface area (TPSA) is 53.6 Å². The second-order valence-corrected chi connectivity index (χ2v) is 6.31. The molecule has 1 saturated heterocycles. The van der Waals surface area contributed by atoms with Gasteiger partial charge in [-0.3, -0.25) is 4.40 Å². The summed E-state index contributed by atoms with van der Waals surface area (Å²) in [7, 11) is 0. The van der Waals surface area contributed by atoms with Gasteiger partial charge in [-0.15, -0.1) is 0 Å². The number of aryl methyl sites for hydroxylation is 1. The molecule has 3 aromatic rings. The van der Waals surface area contributed by atoms with Crippen LogP contribution in [-0.2, 0) is 11.2 Å². The first-order valence-electron chi connectivity index (χ1n) is 8.63. The van der Waals surface area contributed by atoms with E-state index in [9.17, 15) is 5.26 Å². The molecular weight excluding hydrogens is 312 g/mol. The van der Waals surface area contributed by atoms with Gasteiger partial charge in [-0.2, -0.15) is 5.26 Å². The smallest absolute Gasteiger partial charge is 0.169 e. The number of anilines is 1. The predicted molar refractivity (Wildman–Crippen MR) is 96.6 cm³/mol. The van der Waals surface area contributed by atoms with Crippen molar-refractivity contribution in [3.05, 3.63) is 66.0 Å². The summed E-state index contributed by atoms with van der Waals surface area (Å²) in [6.45, 7) is 2.36. The van der Waals surface area contributed by atoms with Crippen LogP contribution in [0.2, 0.25) is 0 Å². The molecule has 0 atom stereocenters. The molecule has 5 heteroatoms. The Kier molecular flexibility index (Phi) is 4.36. The van der Waals surface area contributed by atoms with E-state index in [1.807, 2.05) is 34.9 Å². The van der Waals surface area contributed by atoms with Crippen molar-refractivity contribution in [3.8, 4) is 6.07 Å². The summed E-state index contributed by atoms with van der Waals surface area (Å²) in [4.78, 5) is 6.71. The van der Waals surface area contributed by atoms with Gasteiger partial charge in [0.05, 0.1) is 6.10 Å². The molecule has 1 aromatic carbocycles. The Hall–Kier alpha value is -2.84. The SMILES string of the molecule is N#Cc1c(N2CC(OCCCc3ccccc3)C2)nc2ccccn12. The summed E-state index contributed by atoms with van der Waals surface area (Å²) in [6.07, 6.45) is 4.18. The van der Waals surface area contributed by atoms with Gasteiger partial charge < -0.3 is 9.64 Å². The molecule has 0 aliphatic carbocycles. The van der Waals surface area contributed by atoms with Gasteiger partial charge in [0.2, 0.25) is 0 Å². The molecule has 0 spiro atoms. The summed E-state index contributed by atoms with van der Waals surface area (Å²) in [6, 6.07) is 18.5. The molecule has 0 saturated carbocycles. The summed E-state index contributed by atoms with van der Waals surface area (Å²) >= 11 is 0. The van der Waals surface area contributed by atoms with Crippen LogP contribution in [0.1, 0.15) is 17.7 Å². The average molecular weight is 332 g/mol. The van der Waals surface area contributed by atoms with Crippen molar-refractivity contribution in [2.24, 2.45) is 0 Å². The molecular formula is C20H20N4O. The standard InChI is InChI=1S/C20H20N4O/c21-13-18-20(22-19-10-4-5-11-24(18)19)23-14-17(15-23)25-12-6-9-16-7-2-1-3-8-16/h1-5,7-8,10-11,17H,6,9,12,14-15H2. The highest BCUT2D eigenvalue weighted by molar-refractivity contribution is 5.61. The first-order valence-corrected chi connectivity index (χ1v) is 8.63. The maximum Gasteiger partial charge on any atom is 0.169 e.